The molecule has 0 radical (unpaired) electrons. The van der Waals surface area contributed by atoms with Crippen LogP contribution in [0.2, 0.25) is 0 Å². The smallest absolute Gasteiger partial charge is 0.308 e. The zero-order chi connectivity index (χ0) is 30.6. The summed E-state index contributed by atoms with van der Waals surface area (Å²) in [6.07, 6.45) is 0. The Morgan fingerprint density at radius 1 is 0.907 bits per heavy atom. The monoisotopic (exact) mass is 615 g/mol. The molecule has 4 aromatic rings. The molecular weight excluding hydrogens is 586 g/mol. The number of benzene rings is 3. The number of fused-ring (bicyclic) bond motifs is 2. The molecule has 6 rings (SSSR count). The van der Waals surface area contributed by atoms with Gasteiger partial charge in [-0.05, 0) is 59.9 Å². The summed E-state index contributed by atoms with van der Waals surface area (Å²) in [6.45, 7) is 8.01. The van der Waals surface area contributed by atoms with Crippen LogP contribution in [0.3, 0.4) is 0 Å². The fourth-order valence-corrected chi connectivity index (χ4v) is 8.40. The first kappa shape index (κ1) is 29.1. The van der Waals surface area contributed by atoms with Crippen molar-refractivity contribution in [3.05, 3.63) is 110 Å². The zero-order valence-electron chi connectivity index (χ0n) is 24.1. The van der Waals surface area contributed by atoms with E-state index in [9.17, 15) is 23.6 Å². The number of aromatic nitrogens is 1. The lowest BCUT2D eigenvalue weighted by Gasteiger charge is -2.31. The van der Waals surface area contributed by atoms with Crippen LogP contribution in [-0.4, -0.2) is 27.5 Å². The van der Waals surface area contributed by atoms with E-state index in [1.54, 1.807) is 12.1 Å². The average Bonchev–Trinajstić information content (AvgIpc) is 3.40. The van der Waals surface area contributed by atoms with Gasteiger partial charge in [-0.1, -0.05) is 85.8 Å². The zero-order valence-corrected chi connectivity index (χ0v) is 25.7. The van der Waals surface area contributed by atoms with E-state index < -0.39 is 28.8 Å². The Morgan fingerprint density at radius 2 is 1.56 bits per heavy atom. The van der Waals surface area contributed by atoms with Gasteiger partial charge in [-0.2, -0.15) is 0 Å². The molecule has 43 heavy (non-hydrogen) atoms. The number of hydrogen-bond acceptors (Lipinski definition) is 6. The molecule has 1 N–H and O–H groups in total. The molecule has 1 saturated heterocycles. The number of nitrogens with one attached hydrogen (secondary N) is 1. The van der Waals surface area contributed by atoms with Gasteiger partial charge in [-0.15, -0.1) is 0 Å². The van der Waals surface area contributed by atoms with Crippen LogP contribution in [0.4, 0.5) is 15.8 Å². The third-order valence-corrected chi connectivity index (χ3v) is 10.5. The van der Waals surface area contributed by atoms with Gasteiger partial charge in [-0.25, -0.2) is 9.29 Å². The molecule has 10 heteroatoms. The number of thioether (sulfide) groups is 1. The number of thiazole rings is 1. The molecule has 7 nitrogen and oxygen atoms in total. The Kier molecular flexibility index (Phi) is 7.38. The minimum absolute atomic E-state index is 0.0813. The number of halogens is 1. The van der Waals surface area contributed by atoms with E-state index in [0.29, 0.717) is 21.3 Å². The fourth-order valence-electron chi connectivity index (χ4n) is 5.63. The third kappa shape index (κ3) is 5.34. The number of nitrogens with zero attached hydrogens (tertiary/aromatic N) is 2. The first-order valence-electron chi connectivity index (χ1n) is 13.9. The minimum atomic E-state index is -0.769. The summed E-state index contributed by atoms with van der Waals surface area (Å²) in [5, 5.41) is 2.45. The molecule has 220 valence electrons. The van der Waals surface area contributed by atoms with Gasteiger partial charge < -0.3 is 5.32 Å². The van der Waals surface area contributed by atoms with E-state index in [1.807, 2.05) is 43.3 Å². The number of carbonyl (C=O) groups is 3. The van der Waals surface area contributed by atoms with Crippen LogP contribution >= 0.6 is 23.1 Å². The van der Waals surface area contributed by atoms with Crippen molar-refractivity contribution < 1.29 is 18.8 Å². The Labute approximate surface area is 256 Å². The maximum absolute atomic E-state index is 14.1. The number of amides is 3. The molecular formula is C33H30FN3O4S2. The summed E-state index contributed by atoms with van der Waals surface area (Å²) >= 11 is 2.18. The van der Waals surface area contributed by atoms with Crippen molar-refractivity contribution in [2.45, 2.75) is 55.8 Å². The first-order valence-corrected chi connectivity index (χ1v) is 15.6. The van der Waals surface area contributed by atoms with Crippen LogP contribution in [0.1, 0.15) is 48.3 Å². The number of carbonyl (C=O) groups excluding carboxylic acids is 3. The SMILES string of the molecule is Cc1ccc(N2C(=O)C3Sc4c(sc(=O)n4CC(=O)Nc4ccc(F)cc4)C(c4ccc(C(C)(C)C)cc4)C3C2=O)cc1. The summed E-state index contributed by atoms with van der Waals surface area (Å²) in [5.74, 6) is -2.79. The van der Waals surface area contributed by atoms with Gasteiger partial charge in [0.05, 0.1) is 16.6 Å². The van der Waals surface area contributed by atoms with Gasteiger partial charge in [0.2, 0.25) is 17.7 Å². The maximum atomic E-state index is 14.1. The molecule has 2 aliphatic rings. The average molecular weight is 616 g/mol. The molecule has 3 amide bonds. The molecule has 3 aromatic carbocycles. The highest BCUT2D eigenvalue weighted by Crippen LogP contribution is 2.54. The number of imide groups is 1. The standard InChI is InChI=1S/C33H30FN3O4S2/c1-18-5-15-23(16-6-18)37-29(39)26-25(19-7-9-20(10-8-19)33(2,3)4)28-31(42-27(26)30(37)40)36(32(41)43-28)17-24(38)35-22-13-11-21(34)12-14-22/h5-16,25-27H,17H2,1-4H3,(H,35,38). The topological polar surface area (TPSA) is 88.5 Å². The third-order valence-electron chi connectivity index (χ3n) is 7.91. The van der Waals surface area contributed by atoms with E-state index >= 15 is 0 Å². The summed E-state index contributed by atoms with van der Waals surface area (Å²) in [5.41, 5.74) is 3.80. The lowest BCUT2D eigenvalue weighted by Crippen LogP contribution is -2.33. The van der Waals surface area contributed by atoms with Crippen molar-refractivity contribution in [2.75, 3.05) is 10.2 Å². The summed E-state index contributed by atoms with van der Waals surface area (Å²) in [4.78, 5) is 55.9. The minimum Gasteiger partial charge on any atom is -0.325 e. The Bertz CT molecular complexity index is 1790. The largest absolute Gasteiger partial charge is 0.325 e. The van der Waals surface area contributed by atoms with Gasteiger partial charge in [-0.3, -0.25) is 23.7 Å². The van der Waals surface area contributed by atoms with Gasteiger partial charge in [0.25, 0.3) is 0 Å². The Hall–Kier alpha value is -4.02. The maximum Gasteiger partial charge on any atom is 0.308 e. The van der Waals surface area contributed by atoms with E-state index in [1.165, 1.54) is 45.5 Å². The number of aryl methyl sites for hydroxylation is 1. The number of anilines is 2. The van der Waals surface area contributed by atoms with E-state index in [2.05, 4.69) is 26.1 Å². The molecule has 1 aromatic heterocycles. The van der Waals surface area contributed by atoms with Crippen LogP contribution < -0.4 is 15.1 Å². The Balaban J connectivity index is 1.41. The molecule has 0 aliphatic carbocycles. The van der Waals surface area contributed by atoms with Crippen molar-refractivity contribution in [1.29, 1.82) is 0 Å². The quantitative estimate of drug-likeness (QED) is 0.275. The highest BCUT2D eigenvalue weighted by molar-refractivity contribution is 8.00. The van der Waals surface area contributed by atoms with Crippen molar-refractivity contribution in [3.8, 4) is 0 Å². The second kappa shape index (κ2) is 10.9. The van der Waals surface area contributed by atoms with E-state index in [0.717, 1.165) is 28.0 Å². The van der Waals surface area contributed by atoms with Crippen LogP contribution in [0.5, 0.6) is 0 Å². The van der Waals surface area contributed by atoms with Gasteiger partial charge in [0.1, 0.15) is 17.6 Å². The molecule has 3 heterocycles. The van der Waals surface area contributed by atoms with Crippen molar-refractivity contribution >= 4 is 52.2 Å². The second-order valence-corrected chi connectivity index (χ2v) is 14.1. The fraction of sp³-hybridized carbons (Fsp3) is 0.273. The lowest BCUT2D eigenvalue weighted by molar-refractivity contribution is -0.122. The number of hydrogen-bond donors (Lipinski definition) is 1. The summed E-state index contributed by atoms with van der Waals surface area (Å²) in [7, 11) is 0. The number of rotatable bonds is 5. The predicted octanol–water partition coefficient (Wildman–Crippen LogP) is 6.09. The van der Waals surface area contributed by atoms with Gasteiger partial charge in [0, 0.05) is 16.5 Å². The van der Waals surface area contributed by atoms with Crippen molar-refractivity contribution in [1.82, 2.24) is 4.57 Å². The normalized spacial score (nSPS) is 19.7. The second-order valence-electron chi connectivity index (χ2n) is 11.9. The molecule has 0 saturated carbocycles. The summed E-state index contributed by atoms with van der Waals surface area (Å²) in [6, 6.07) is 20.6. The highest BCUT2D eigenvalue weighted by atomic mass is 32.2. The van der Waals surface area contributed by atoms with Crippen LogP contribution in [0.25, 0.3) is 0 Å². The molecule has 2 aliphatic heterocycles. The van der Waals surface area contributed by atoms with E-state index in [4.69, 9.17) is 0 Å². The highest BCUT2D eigenvalue weighted by Gasteiger charge is 2.56. The van der Waals surface area contributed by atoms with Crippen molar-refractivity contribution in [3.63, 3.8) is 0 Å². The molecule has 0 spiro atoms. The van der Waals surface area contributed by atoms with Crippen LogP contribution in [0, 0.1) is 18.7 Å². The Morgan fingerprint density at radius 3 is 2.19 bits per heavy atom. The molecule has 0 bridgehead atoms. The first-order chi connectivity index (χ1) is 20.4. The van der Waals surface area contributed by atoms with Gasteiger partial charge >= 0.3 is 4.87 Å². The molecule has 1 fully saturated rings. The van der Waals surface area contributed by atoms with Crippen LogP contribution in [0.15, 0.2) is 82.6 Å². The van der Waals surface area contributed by atoms with Crippen LogP contribution in [-0.2, 0) is 26.3 Å². The van der Waals surface area contributed by atoms with Crippen molar-refractivity contribution in [2.24, 2.45) is 5.92 Å². The van der Waals surface area contributed by atoms with Gasteiger partial charge in [0.15, 0.2) is 0 Å². The predicted molar refractivity (Wildman–Crippen MR) is 167 cm³/mol. The molecule has 3 atom stereocenters. The lowest BCUT2D eigenvalue weighted by atomic mass is 9.81. The van der Waals surface area contributed by atoms with E-state index in [-0.39, 0.29) is 28.6 Å². The molecule has 3 unspecified atom stereocenters. The summed E-state index contributed by atoms with van der Waals surface area (Å²) < 4.78 is 14.7.